The van der Waals surface area contributed by atoms with Gasteiger partial charge < -0.3 is 5.32 Å². The fourth-order valence-electron chi connectivity index (χ4n) is 1.47. The van der Waals surface area contributed by atoms with Gasteiger partial charge in [0.05, 0.1) is 5.02 Å². The van der Waals surface area contributed by atoms with Crippen molar-refractivity contribution in [2.24, 2.45) is 0 Å². The fraction of sp³-hybridized carbons (Fsp3) is 0.0769. The minimum atomic E-state index is -0.250. The van der Waals surface area contributed by atoms with Crippen molar-refractivity contribution in [2.45, 2.75) is 6.54 Å². The third kappa shape index (κ3) is 3.46. The van der Waals surface area contributed by atoms with Gasteiger partial charge in [0, 0.05) is 21.2 Å². The van der Waals surface area contributed by atoms with Crippen LogP contribution in [0.5, 0.6) is 0 Å². The Morgan fingerprint density at radius 3 is 2.50 bits per heavy atom. The van der Waals surface area contributed by atoms with Gasteiger partial charge in [0.2, 0.25) is 0 Å². The molecule has 18 heavy (non-hydrogen) atoms. The molecule has 0 aliphatic carbocycles. The molecule has 2 aromatic carbocycles. The average Bonchev–Trinajstić information content (AvgIpc) is 2.32. The predicted octanol–water partition coefficient (Wildman–Crippen LogP) is 5.62. The van der Waals surface area contributed by atoms with E-state index in [1.807, 2.05) is 18.2 Å². The lowest BCUT2D eigenvalue weighted by Crippen LogP contribution is -2.00. The van der Waals surface area contributed by atoms with Crippen LogP contribution < -0.4 is 5.32 Å². The number of halogens is 4. The van der Waals surface area contributed by atoms with Crippen molar-refractivity contribution in [3.63, 3.8) is 0 Å². The van der Waals surface area contributed by atoms with Gasteiger partial charge in [-0.3, -0.25) is 0 Å². The van der Waals surface area contributed by atoms with Crippen molar-refractivity contribution in [2.75, 3.05) is 5.32 Å². The molecule has 0 aromatic heterocycles. The van der Waals surface area contributed by atoms with Crippen molar-refractivity contribution in [1.29, 1.82) is 0 Å². The molecular formula is C13H9Br2ClFN. The van der Waals surface area contributed by atoms with Gasteiger partial charge in [-0.1, -0.05) is 33.6 Å². The second-order valence-corrected chi connectivity index (χ2v) is 5.83. The fourth-order valence-corrected chi connectivity index (χ4v) is 2.46. The van der Waals surface area contributed by atoms with Gasteiger partial charge in [0.25, 0.3) is 0 Å². The third-order valence-electron chi connectivity index (χ3n) is 2.42. The van der Waals surface area contributed by atoms with Gasteiger partial charge in [0.15, 0.2) is 0 Å². The topological polar surface area (TPSA) is 12.0 Å². The quantitative estimate of drug-likeness (QED) is 0.714. The molecular weight excluding hydrogens is 384 g/mol. The number of nitrogens with one attached hydrogen (secondary N) is 1. The van der Waals surface area contributed by atoms with E-state index in [2.05, 4.69) is 37.2 Å². The molecule has 1 N–H and O–H groups in total. The molecule has 5 heteroatoms. The zero-order chi connectivity index (χ0) is 13.1. The number of anilines is 1. The third-order valence-corrected chi connectivity index (χ3v) is 4.37. The molecule has 2 aromatic rings. The maximum absolute atomic E-state index is 12.9. The molecule has 0 amide bonds. The molecule has 1 nitrogen and oxygen atoms in total. The highest BCUT2D eigenvalue weighted by Crippen LogP contribution is 2.26. The first-order chi connectivity index (χ1) is 8.56. The first kappa shape index (κ1) is 13.8. The van der Waals surface area contributed by atoms with E-state index < -0.39 is 0 Å². The van der Waals surface area contributed by atoms with E-state index in [0.717, 1.165) is 20.2 Å². The maximum atomic E-state index is 12.9. The van der Waals surface area contributed by atoms with Crippen molar-refractivity contribution in [3.8, 4) is 0 Å². The molecule has 0 aliphatic heterocycles. The molecule has 94 valence electrons. The van der Waals surface area contributed by atoms with E-state index in [9.17, 15) is 4.39 Å². The van der Waals surface area contributed by atoms with Gasteiger partial charge in [-0.05, 0) is 51.8 Å². The Hall–Kier alpha value is -0.580. The Morgan fingerprint density at radius 2 is 1.83 bits per heavy atom. The molecule has 0 aliphatic rings. The Kier molecular flexibility index (Phi) is 4.65. The summed E-state index contributed by atoms with van der Waals surface area (Å²) in [6, 6.07) is 10.3. The van der Waals surface area contributed by atoms with Crippen LogP contribution in [0.25, 0.3) is 0 Å². The summed E-state index contributed by atoms with van der Waals surface area (Å²) in [4.78, 5) is 0. The molecule has 0 saturated carbocycles. The van der Waals surface area contributed by atoms with Crippen molar-refractivity contribution in [3.05, 3.63) is 61.7 Å². The molecule has 0 spiro atoms. The lowest BCUT2D eigenvalue weighted by atomic mass is 10.2. The summed E-state index contributed by atoms with van der Waals surface area (Å²) in [6.07, 6.45) is 0. The normalized spacial score (nSPS) is 10.4. The van der Waals surface area contributed by atoms with Crippen LogP contribution in [0.4, 0.5) is 10.1 Å². The van der Waals surface area contributed by atoms with Crippen LogP contribution in [0.3, 0.4) is 0 Å². The summed E-state index contributed by atoms with van der Waals surface area (Å²) in [7, 11) is 0. The highest BCUT2D eigenvalue weighted by molar-refractivity contribution is 9.10. The SMILES string of the molecule is Fc1ccc(CNc2ccc(Cl)c(Br)c2)c(Br)c1. The van der Waals surface area contributed by atoms with Crippen LogP contribution >= 0.6 is 43.5 Å². The zero-order valence-corrected chi connectivity index (χ0v) is 13.1. The lowest BCUT2D eigenvalue weighted by Gasteiger charge is -2.09. The van der Waals surface area contributed by atoms with Crippen molar-refractivity contribution < 1.29 is 4.39 Å². The minimum Gasteiger partial charge on any atom is -0.381 e. The van der Waals surface area contributed by atoms with Gasteiger partial charge in [-0.15, -0.1) is 0 Å². The number of hydrogen-bond acceptors (Lipinski definition) is 1. The molecule has 0 heterocycles. The minimum absolute atomic E-state index is 0.250. The van der Waals surface area contributed by atoms with Crippen molar-refractivity contribution in [1.82, 2.24) is 0 Å². The summed E-state index contributed by atoms with van der Waals surface area (Å²) in [5.74, 6) is -0.250. The molecule has 0 atom stereocenters. The maximum Gasteiger partial charge on any atom is 0.124 e. The first-order valence-corrected chi connectivity index (χ1v) is 7.15. The molecule has 0 unspecified atom stereocenters. The van der Waals surface area contributed by atoms with E-state index in [0.29, 0.717) is 11.6 Å². The Bertz CT molecular complexity index is 575. The zero-order valence-electron chi connectivity index (χ0n) is 9.18. The second kappa shape index (κ2) is 6.04. The van der Waals surface area contributed by atoms with E-state index in [1.54, 1.807) is 6.07 Å². The number of benzene rings is 2. The van der Waals surface area contributed by atoms with Crippen LogP contribution in [-0.2, 0) is 6.54 Å². The van der Waals surface area contributed by atoms with E-state index >= 15 is 0 Å². The van der Waals surface area contributed by atoms with Gasteiger partial charge in [-0.25, -0.2) is 4.39 Å². The van der Waals surface area contributed by atoms with Gasteiger partial charge in [0.1, 0.15) is 5.82 Å². The molecule has 0 bridgehead atoms. The summed E-state index contributed by atoms with van der Waals surface area (Å²) in [5, 5.41) is 3.92. The summed E-state index contributed by atoms with van der Waals surface area (Å²) in [6.45, 7) is 0.606. The smallest absolute Gasteiger partial charge is 0.124 e. The van der Waals surface area contributed by atoms with Crippen LogP contribution in [-0.4, -0.2) is 0 Å². The van der Waals surface area contributed by atoms with Crippen LogP contribution in [0.2, 0.25) is 5.02 Å². The standard InChI is InChI=1S/C13H9Br2ClFN/c14-11-5-9(17)2-1-8(11)7-18-10-3-4-13(16)12(15)6-10/h1-6,18H,7H2. The van der Waals surface area contributed by atoms with E-state index in [1.165, 1.54) is 12.1 Å². The van der Waals surface area contributed by atoms with Crippen LogP contribution in [0, 0.1) is 5.82 Å². The van der Waals surface area contributed by atoms with Gasteiger partial charge in [-0.2, -0.15) is 0 Å². The second-order valence-electron chi connectivity index (χ2n) is 3.72. The largest absolute Gasteiger partial charge is 0.381 e. The van der Waals surface area contributed by atoms with Crippen LogP contribution in [0.1, 0.15) is 5.56 Å². The van der Waals surface area contributed by atoms with E-state index in [4.69, 9.17) is 11.6 Å². The lowest BCUT2D eigenvalue weighted by molar-refractivity contribution is 0.626. The average molecular weight is 393 g/mol. The summed E-state index contributed by atoms with van der Waals surface area (Å²) in [5.41, 5.74) is 1.94. The molecule has 2 rings (SSSR count). The molecule has 0 radical (unpaired) electrons. The van der Waals surface area contributed by atoms with Crippen LogP contribution in [0.15, 0.2) is 45.3 Å². The number of hydrogen-bond donors (Lipinski definition) is 1. The first-order valence-electron chi connectivity index (χ1n) is 5.19. The highest BCUT2D eigenvalue weighted by Gasteiger charge is 2.03. The Labute approximate surface area is 127 Å². The number of rotatable bonds is 3. The Morgan fingerprint density at radius 1 is 1.06 bits per heavy atom. The molecule has 0 fully saturated rings. The van der Waals surface area contributed by atoms with Crippen molar-refractivity contribution >= 4 is 49.1 Å². The predicted molar refractivity (Wildman–Crippen MR) is 80.6 cm³/mol. The van der Waals surface area contributed by atoms with Gasteiger partial charge >= 0.3 is 0 Å². The van der Waals surface area contributed by atoms with E-state index in [-0.39, 0.29) is 5.82 Å². The summed E-state index contributed by atoms with van der Waals surface area (Å²) >= 11 is 12.6. The monoisotopic (exact) mass is 391 g/mol. The molecule has 0 saturated heterocycles. The highest BCUT2D eigenvalue weighted by atomic mass is 79.9. The Balaban J connectivity index is 2.09. The summed E-state index contributed by atoms with van der Waals surface area (Å²) < 4.78 is 14.5.